The second kappa shape index (κ2) is 7.80. The van der Waals surface area contributed by atoms with E-state index in [1.807, 2.05) is 13.0 Å². The van der Waals surface area contributed by atoms with Crippen LogP contribution in [0.25, 0.3) is 0 Å². The average molecular weight is 358 g/mol. The SMILES string of the molecule is COc1ccc(C(C)(C)C)cc1CN[C@@H]1COC[C@H]1Cc1cc(C)no1. The van der Waals surface area contributed by atoms with Gasteiger partial charge < -0.3 is 19.3 Å². The van der Waals surface area contributed by atoms with Gasteiger partial charge in [0.1, 0.15) is 11.5 Å². The van der Waals surface area contributed by atoms with Crippen LogP contribution >= 0.6 is 0 Å². The Kier molecular flexibility index (Phi) is 5.68. The molecule has 26 heavy (non-hydrogen) atoms. The molecule has 0 spiro atoms. The van der Waals surface area contributed by atoms with E-state index in [0.29, 0.717) is 12.0 Å². The van der Waals surface area contributed by atoms with E-state index < -0.39 is 0 Å². The Balaban J connectivity index is 1.67. The van der Waals surface area contributed by atoms with Gasteiger partial charge in [-0.1, -0.05) is 38.1 Å². The van der Waals surface area contributed by atoms with Crippen LogP contribution < -0.4 is 10.1 Å². The number of hydrogen-bond acceptors (Lipinski definition) is 5. The van der Waals surface area contributed by atoms with Gasteiger partial charge in [0.25, 0.3) is 0 Å². The van der Waals surface area contributed by atoms with E-state index in [1.54, 1.807) is 7.11 Å². The molecule has 1 N–H and O–H groups in total. The lowest BCUT2D eigenvalue weighted by Gasteiger charge is -2.23. The maximum absolute atomic E-state index is 5.72. The molecule has 1 aliphatic rings. The van der Waals surface area contributed by atoms with Gasteiger partial charge in [-0.25, -0.2) is 0 Å². The molecule has 0 bridgehead atoms. The van der Waals surface area contributed by atoms with Crippen molar-refractivity contribution >= 4 is 0 Å². The van der Waals surface area contributed by atoms with Gasteiger partial charge in [-0.05, 0) is 24.0 Å². The van der Waals surface area contributed by atoms with Gasteiger partial charge in [0, 0.05) is 36.6 Å². The summed E-state index contributed by atoms with van der Waals surface area (Å²) in [5, 5.41) is 7.64. The number of benzene rings is 1. The van der Waals surface area contributed by atoms with Gasteiger partial charge in [0.05, 0.1) is 26.0 Å². The minimum atomic E-state index is 0.115. The quantitative estimate of drug-likeness (QED) is 0.854. The van der Waals surface area contributed by atoms with Crippen LogP contribution in [0.5, 0.6) is 5.75 Å². The molecule has 2 aromatic rings. The van der Waals surface area contributed by atoms with Crippen LogP contribution in [0, 0.1) is 12.8 Å². The van der Waals surface area contributed by atoms with E-state index in [0.717, 1.165) is 43.4 Å². The van der Waals surface area contributed by atoms with Crippen molar-refractivity contribution in [2.45, 2.75) is 52.1 Å². The fraction of sp³-hybridized carbons (Fsp3) is 0.571. The van der Waals surface area contributed by atoms with Crippen LogP contribution in [-0.2, 0) is 23.1 Å². The van der Waals surface area contributed by atoms with E-state index in [4.69, 9.17) is 14.0 Å². The van der Waals surface area contributed by atoms with Crippen LogP contribution in [0.2, 0.25) is 0 Å². The van der Waals surface area contributed by atoms with Gasteiger partial charge in [-0.3, -0.25) is 0 Å². The van der Waals surface area contributed by atoms with Crippen LogP contribution in [0.4, 0.5) is 0 Å². The Labute approximate surface area is 156 Å². The third-order valence-corrected chi connectivity index (χ3v) is 5.04. The maximum atomic E-state index is 5.72. The normalized spacial score (nSPS) is 20.5. The summed E-state index contributed by atoms with van der Waals surface area (Å²) < 4.78 is 16.6. The van der Waals surface area contributed by atoms with Crippen molar-refractivity contribution in [2.75, 3.05) is 20.3 Å². The molecule has 0 saturated carbocycles. The molecule has 2 heterocycles. The molecule has 1 fully saturated rings. The first-order valence-electron chi connectivity index (χ1n) is 9.27. The van der Waals surface area contributed by atoms with Crippen molar-refractivity contribution in [3.8, 4) is 5.75 Å². The molecule has 0 unspecified atom stereocenters. The molecule has 0 aliphatic carbocycles. The molecule has 3 rings (SSSR count). The summed E-state index contributed by atoms with van der Waals surface area (Å²) in [6.07, 6.45) is 0.845. The second-order valence-electron chi connectivity index (χ2n) is 8.20. The molecule has 0 radical (unpaired) electrons. The number of hydrogen-bond donors (Lipinski definition) is 1. The predicted octanol–water partition coefficient (Wildman–Crippen LogP) is 3.64. The van der Waals surface area contributed by atoms with Crippen molar-refractivity contribution in [1.82, 2.24) is 10.5 Å². The molecule has 0 amide bonds. The van der Waals surface area contributed by atoms with Crippen LogP contribution in [-0.4, -0.2) is 31.5 Å². The summed E-state index contributed by atoms with van der Waals surface area (Å²) in [5.41, 5.74) is 3.53. The largest absolute Gasteiger partial charge is 0.496 e. The zero-order valence-corrected chi connectivity index (χ0v) is 16.5. The van der Waals surface area contributed by atoms with Gasteiger partial charge in [-0.15, -0.1) is 0 Å². The van der Waals surface area contributed by atoms with E-state index in [2.05, 4.69) is 49.4 Å². The molecular formula is C21H30N2O3. The molecule has 2 atom stereocenters. The van der Waals surface area contributed by atoms with E-state index in [9.17, 15) is 0 Å². The highest BCUT2D eigenvalue weighted by Crippen LogP contribution is 2.28. The molecule has 1 aromatic carbocycles. The van der Waals surface area contributed by atoms with Crippen molar-refractivity contribution in [1.29, 1.82) is 0 Å². The minimum Gasteiger partial charge on any atom is -0.496 e. The Morgan fingerprint density at radius 3 is 2.69 bits per heavy atom. The lowest BCUT2D eigenvalue weighted by Crippen LogP contribution is -2.36. The first-order valence-corrected chi connectivity index (χ1v) is 9.27. The smallest absolute Gasteiger partial charge is 0.137 e. The number of nitrogens with zero attached hydrogens (tertiary/aromatic N) is 1. The van der Waals surface area contributed by atoms with Crippen LogP contribution in [0.15, 0.2) is 28.8 Å². The standard InChI is InChI=1S/C21H30N2O3/c1-14-8-18(26-23-14)10-16-12-25-13-19(16)22-11-15-9-17(21(2,3)4)6-7-20(15)24-5/h6-9,16,19,22H,10-13H2,1-5H3/t16-,19-/m1/s1. The van der Waals surface area contributed by atoms with Crippen molar-refractivity contribution < 1.29 is 14.0 Å². The van der Waals surface area contributed by atoms with Gasteiger partial charge in [0.2, 0.25) is 0 Å². The molecule has 1 saturated heterocycles. The second-order valence-corrected chi connectivity index (χ2v) is 8.20. The van der Waals surface area contributed by atoms with Crippen LogP contribution in [0.3, 0.4) is 0 Å². The molecule has 142 valence electrons. The van der Waals surface area contributed by atoms with Crippen molar-refractivity contribution in [2.24, 2.45) is 5.92 Å². The van der Waals surface area contributed by atoms with E-state index >= 15 is 0 Å². The summed E-state index contributed by atoms with van der Waals surface area (Å²) in [4.78, 5) is 0. The number of aromatic nitrogens is 1. The minimum absolute atomic E-state index is 0.115. The Bertz CT molecular complexity index is 733. The lowest BCUT2D eigenvalue weighted by molar-refractivity contribution is 0.181. The van der Waals surface area contributed by atoms with Gasteiger partial charge >= 0.3 is 0 Å². The number of methoxy groups -OCH3 is 1. The molecule has 5 nitrogen and oxygen atoms in total. The van der Waals surface area contributed by atoms with Gasteiger partial charge in [0.15, 0.2) is 0 Å². The molecule has 1 aromatic heterocycles. The summed E-state index contributed by atoms with van der Waals surface area (Å²) in [6.45, 7) is 10.9. The number of rotatable bonds is 6. The third kappa shape index (κ3) is 4.46. The van der Waals surface area contributed by atoms with E-state index in [-0.39, 0.29) is 5.41 Å². The highest BCUT2D eigenvalue weighted by Gasteiger charge is 2.29. The van der Waals surface area contributed by atoms with E-state index in [1.165, 1.54) is 11.1 Å². The highest BCUT2D eigenvalue weighted by atomic mass is 16.5. The zero-order chi connectivity index (χ0) is 18.7. The topological polar surface area (TPSA) is 56.5 Å². The molecular weight excluding hydrogens is 328 g/mol. The summed E-state index contributed by atoms with van der Waals surface area (Å²) >= 11 is 0. The average Bonchev–Trinajstić information content (AvgIpc) is 3.21. The Morgan fingerprint density at radius 2 is 2.04 bits per heavy atom. The summed E-state index contributed by atoms with van der Waals surface area (Å²) in [5.74, 6) is 2.24. The number of aryl methyl sites for hydroxylation is 1. The maximum Gasteiger partial charge on any atom is 0.137 e. The first kappa shape index (κ1) is 18.9. The van der Waals surface area contributed by atoms with Gasteiger partial charge in [-0.2, -0.15) is 0 Å². The molecule has 5 heteroatoms. The lowest BCUT2D eigenvalue weighted by atomic mass is 9.86. The van der Waals surface area contributed by atoms with Crippen molar-refractivity contribution in [3.63, 3.8) is 0 Å². The number of nitrogens with one attached hydrogen (secondary N) is 1. The first-order chi connectivity index (χ1) is 12.4. The monoisotopic (exact) mass is 358 g/mol. The summed E-state index contributed by atoms with van der Waals surface area (Å²) in [6, 6.07) is 8.76. The Morgan fingerprint density at radius 1 is 1.23 bits per heavy atom. The molecule has 1 aliphatic heterocycles. The van der Waals surface area contributed by atoms with Crippen molar-refractivity contribution in [3.05, 3.63) is 46.8 Å². The Hall–Kier alpha value is -1.85. The highest BCUT2D eigenvalue weighted by molar-refractivity contribution is 5.39. The summed E-state index contributed by atoms with van der Waals surface area (Å²) in [7, 11) is 1.73. The van der Waals surface area contributed by atoms with Crippen LogP contribution in [0.1, 0.15) is 43.4 Å². The fourth-order valence-corrected chi connectivity index (χ4v) is 3.42. The number of ether oxygens (including phenoxy) is 2. The predicted molar refractivity (Wildman–Crippen MR) is 102 cm³/mol. The zero-order valence-electron chi connectivity index (χ0n) is 16.5. The third-order valence-electron chi connectivity index (χ3n) is 5.04. The fourth-order valence-electron chi connectivity index (χ4n) is 3.42.